The number of ether oxygens (including phenoxy) is 1. The molecule has 1 N–H and O–H groups in total. The molecule has 2 aromatic heterocycles. The van der Waals surface area contributed by atoms with Crippen LogP contribution in [0.25, 0.3) is 11.5 Å². The van der Waals surface area contributed by atoms with Crippen LogP contribution in [0.2, 0.25) is 0 Å². The van der Waals surface area contributed by atoms with E-state index < -0.39 is 0 Å². The van der Waals surface area contributed by atoms with Crippen molar-refractivity contribution in [3.63, 3.8) is 0 Å². The molecule has 0 saturated carbocycles. The maximum Gasteiger partial charge on any atom is 0.230 e. The van der Waals surface area contributed by atoms with Crippen molar-refractivity contribution >= 4 is 29.0 Å². The molecular weight excluding hydrogens is 356 g/mol. The molecular formula is C18H18N2O3S2. The molecule has 0 aliphatic carbocycles. The molecule has 25 heavy (non-hydrogen) atoms. The summed E-state index contributed by atoms with van der Waals surface area (Å²) in [5, 5.41) is 5.82. The first-order chi connectivity index (χ1) is 12.1. The number of thioether (sulfide) groups is 1. The summed E-state index contributed by atoms with van der Waals surface area (Å²) in [5.41, 5.74) is 0.829. The maximum absolute atomic E-state index is 12.0. The zero-order chi connectivity index (χ0) is 17.6. The molecule has 1 amide bonds. The second-order valence-electron chi connectivity index (χ2n) is 5.26. The van der Waals surface area contributed by atoms with Gasteiger partial charge in [0.1, 0.15) is 17.2 Å². The molecule has 3 aromatic rings. The minimum atomic E-state index is -0.0386. The zero-order valence-corrected chi connectivity index (χ0v) is 15.6. The Bertz CT molecular complexity index is 840. The Hall–Kier alpha value is -2.25. The molecule has 0 radical (unpaired) electrons. The lowest BCUT2D eigenvalue weighted by molar-refractivity contribution is -0.118. The van der Waals surface area contributed by atoms with Gasteiger partial charge in [-0.1, -0.05) is 0 Å². The third-order valence-electron chi connectivity index (χ3n) is 3.42. The number of rotatable bonds is 7. The van der Waals surface area contributed by atoms with Crippen molar-refractivity contribution in [2.45, 2.75) is 18.4 Å². The Kier molecular flexibility index (Phi) is 5.78. The number of carbonyl (C=O) groups is 1. The number of methoxy groups -OCH3 is 1. The number of aryl methyl sites for hydroxylation is 1. The molecule has 0 fully saturated rings. The Balaban J connectivity index is 1.46. The molecule has 0 bridgehead atoms. The summed E-state index contributed by atoms with van der Waals surface area (Å²) in [5.74, 6) is 2.55. The quantitative estimate of drug-likeness (QED) is 0.630. The summed E-state index contributed by atoms with van der Waals surface area (Å²) in [4.78, 5) is 17.4. The van der Waals surface area contributed by atoms with Gasteiger partial charge >= 0.3 is 0 Å². The van der Waals surface area contributed by atoms with Crippen molar-refractivity contribution in [2.75, 3.05) is 12.9 Å². The van der Waals surface area contributed by atoms with Crippen LogP contribution < -0.4 is 10.1 Å². The lowest BCUT2D eigenvalue weighted by Crippen LogP contribution is -2.24. The van der Waals surface area contributed by atoms with E-state index in [2.05, 4.69) is 10.3 Å². The van der Waals surface area contributed by atoms with Crippen LogP contribution in [0.4, 0.5) is 0 Å². The van der Waals surface area contributed by atoms with E-state index in [9.17, 15) is 4.79 Å². The fraction of sp³-hybridized carbons (Fsp3) is 0.222. The molecule has 2 heterocycles. The van der Waals surface area contributed by atoms with Crippen molar-refractivity contribution in [2.24, 2.45) is 0 Å². The predicted molar refractivity (Wildman–Crippen MR) is 100 cm³/mol. The number of amides is 1. The summed E-state index contributed by atoms with van der Waals surface area (Å²) < 4.78 is 10.8. The van der Waals surface area contributed by atoms with Gasteiger partial charge in [0.05, 0.1) is 24.4 Å². The van der Waals surface area contributed by atoms with E-state index in [4.69, 9.17) is 9.15 Å². The molecule has 7 heteroatoms. The first-order valence-corrected chi connectivity index (χ1v) is 9.55. The van der Waals surface area contributed by atoms with Crippen LogP contribution in [0.5, 0.6) is 5.75 Å². The van der Waals surface area contributed by atoms with Gasteiger partial charge < -0.3 is 14.5 Å². The number of benzene rings is 1. The van der Waals surface area contributed by atoms with Crippen LogP contribution in [0, 0.1) is 6.92 Å². The zero-order valence-electron chi connectivity index (χ0n) is 13.9. The van der Waals surface area contributed by atoms with E-state index in [1.807, 2.05) is 48.7 Å². The lowest BCUT2D eigenvalue weighted by Gasteiger charge is -2.04. The molecule has 0 saturated heterocycles. The van der Waals surface area contributed by atoms with Gasteiger partial charge in [0.15, 0.2) is 5.76 Å². The first-order valence-electron chi connectivity index (χ1n) is 7.69. The van der Waals surface area contributed by atoms with Gasteiger partial charge in [0.2, 0.25) is 5.91 Å². The number of hydrogen-bond acceptors (Lipinski definition) is 6. The van der Waals surface area contributed by atoms with Crippen molar-refractivity contribution < 1.29 is 13.9 Å². The Morgan fingerprint density at radius 1 is 1.28 bits per heavy atom. The first kappa shape index (κ1) is 17.6. The number of nitrogens with zero attached hydrogens (tertiary/aromatic N) is 1. The van der Waals surface area contributed by atoms with Crippen LogP contribution in [0.3, 0.4) is 0 Å². The minimum Gasteiger partial charge on any atom is -0.497 e. The Labute approximate surface area is 154 Å². The number of aromatic nitrogens is 1. The Morgan fingerprint density at radius 3 is 2.76 bits per heavy atom. The van der Waals surface area contributed by atoms with Crippen LogP contribution in [-0.4, -0.2) is 23.8 Å². The average molecular weight is 374 g/mol. The SMILES string of the molecule is COc1ccc(SCC(=O)NCc2ccc(-c3csc(C)n3)o2)cc1. The normalized spacial score (nSPS) is 10.6. The van der Waals surface area contributed by atoms with Crippen LogP contribution >= 0.6 is 23.1 Å². The van der Waals surface area contributed by atoms with Crippen molar-refractivity contribution in [3.05, 3.63) is 52.5 Å². The highest BCUT2D eigenvalue weighted by Crippen LogP contribution is 2.24. The number of thiazole rings is 1. The summed E-state index contributed by atoms with van der Waals surface area (Å²) in [6, 6.07) is 11.4. The molecule has 0 aliphatic heterocycles. The summed E-state index contributed by atoms with van der Waals surface area (Å²) in [6.07, 6.45) is 0. The maximum atomic E-state index is 12.0. The van der Waals surface area contributed by atoms with Gasteiger partial charge in [-0.05, 0) is 43.3 Å². The molecule has 0 atom stereocenters. The third kappa shape index (κ3) is 4.87. The number of carbonyl (C=O) groups excluding carboxylic acids is 1. The number of nitrogens with one attached hydrogen (secondary N) is 1. The molecule has 5 nitrogen and oxygen atoms in total. The van der Waals surface area contributed by atoms with Gasteiger partial charge in [0, 0.05) is 10.3 Å². The van der Waals surface area contributed by atoms with E-state index in [-0.39, 0.29) is 5.91 Å². The van der Waals surface area contributed by atoms with Gasteiger partial charge in [0.25, 0.3) is 0 Å². The second kappa shape index (κ2) is 8.22. The van der Waals surface area contributed by atoms with Gasteiger partial charge in [-0.25, -0.2) is 4.98 Å². The third-order valence-corrected chi connectivity index (χ3v) is 5.21. The Morgan fingerprint density at radius 2 is 2.08 bits per heavy atom. The standard InChI is InChI=1S/C18H18N2O3S2/c1-12-20-16(10-24-12)17-8-5-14(23-17)9-19-18(21)11-25-15-6-3-13(22-2)4-7-15/h3-8,10H,9,11H2,1-2H3,(H,19,21). The molecule has 3 rings (SSSR count). The van der Waals surface area contributed by atoms with E-state index in [0.717, 1.165) is 27.1 Å². The highest BCUT2D eigenvalue weighted by molar-refractivity contribution is 8.00. The van der Waals surface area contributed by atoms with Gasteiger partial charge in [-0.15, -0.1) is 23.1 Å². The second-order valence-corrected chi connectivity index (χ2v) is 7.37. The van der Waals surface area contributed by atoms with E-state index >= 15 is 0 Å². The fourth-order valence-electron chi connectivity index (χ4n) is 2.14. The fourth-order valence-corrected chi connectivity index (χ4v) is 3.48. The van der Waals surface area contributed by atoms with Crippen LogP contribution in [0.15, 0.2) is 51.1 Å². The summed E-state index contributed by atoms with van der Waals surface area (Å²) in [6.45, 7) is 2.32. The van der Waals surface area contributed by atoms with Crippen molar-refractivity contribution in [1.29, 1.82) is 0 Å². The predicted octanol–water partition coefficient (Wildman–Crippen LogP) is 4.13. The number of hydrogen-bond donors (Lipinski definition) is 1. The average Bonchev–Trinajstić information content (AvgIpc) is 3.27. The van der Waals surface area contributed by atoms with E-state index in [1.165, 1.54) is 11.8 Å². The van der Waals surface area contributed by atoms with Crippen LogP contribution in [0.1, 0.15) is 10.8 Å². The van der Waals surface area contributed by atoms with E-state index in [1.54, 1.807) is 18.4 Å². The molecule has 1 aromatic carbocycles. The van der Waals surface area contributed by atoms with E-state index in [0.29, 0.717) is 18.1 Å². The van der Waals surface area contributed by atoms with Crippen LogP contribution in [-0.2, 0) is 11.3 Å². The minimum absolute atomic E-state index is 0.0386. The smallest absolute Gasteiger partial charge is 0.230 e. The highest BCUT2D eigenvalue weighted by atomic mass is 32.2. The summed E-state index contributed by atoms with van der Waals surface area (Å²) >= 11 is 3.06. The monoisotopic (exact) mass is 374 g/mol. The van der Waals surface area contributed by atoms with Gasteiger partial charge in [-0.2, -0.15) is 0 Å². The summed E-state index contributed by atoms with van der Waals surface area (Å²) in [7, 11) is 1.63. The number of furan rings is 1. The lowest BCUT2D eigenvalue weighted by atomic mass is 10.3. The van der Waals surface area contributed by atoms with Crippen molar-refractivity contribution in [1.82, 2.24) is 10.3 Å². The molecule has 130 valence electrons. The largest absolute Gasteiger partial charge is 0.497 e. The highest BCUT2D eigenvalue weighted by Gasteiger charge is 2.09. The van der Waals surface area contributed by atoms with Gasteiger partial charge in [-0.3, -0.25) is 4.79 Å². The topological polar surface area (TPSA) is 64.4 Å². The molecule has 0 unspecified atom stereocenters. The molecule has 0 spiro atoms. The molecule has 0 aliphatic rings. The van der Waals surface area contributed by atoms with Crippen molar-refractivity contribution in [3.8, 4) is 17.2 Å².